The van der Waals surface area contributed by atoms with Crippen molar-refractivity contribution < 1.29 is 9.66 Å². The number of likely N-dealkylation sites (N-methyl/N-ethyl adjacent to an activating group) is 1. The van der Waals surface area contributed by atoms with Gasteiger partial charge in [-0.3, -0.25) is 15.0 Å². The lowest BCUT2D eigenvalue weighted by atomic mass is 10.1. The van der Waals surface area contributed by atoms with E-state index in [1.54, 1.807) is 6.07 Å². The number of ether oxygens (including phenoxy) is 1. The predicted octanol–water partition coefficient (Wildman–Crippen LogP) is 2.86. The van der Waals surface area contributed by atoms with Crippen LogP contribution in [0.1, 0.15) is 18.4 Å². The minimum atomic E-state index is -0.452. The Morgan fingerprint density at radius 3 is 3.00 bits per heavy atom. The van der Waals surface area contributed by atoms with Gasteiger partial charge in [0.15, 0.2) is 0 Å². The molecule has 2 rings (SSSR count). The number of nitro benzene ring substituents is 1. The third-order valence-electron chi connectivity index (χ3n) is 3.20. The minimum Gasteiger partial charge on any atom is -0.377 e. The van der Waals surface area contributed by atoms with Crippen LogP contribution in [0, 0.1) is 10.1 Å². The highest BCUT2D eigenvalue weighted by Gasteiger charge is 2.18. The number of rotatable bonds is 5. The molecule has 5 nitrogen and oxygen atoms in total. The van der Waals surface area contributed by atoms with Crippen molar-refractivity contribution in [1.82, 2.24) is 4.90 Å². The molecule has 0 radical (unpaired) electrons. The van der Waals surface area contributed by atoms with Crippen molar-refractivity contribution in [1.29, 1.82) is 0 Å². The smallest absolute Gasteiger partial charge is 0.288 e. The summed E-state index contributed by atoms with van der Waals surface area (Å²) < 4.78 is 5.57. The summed E-state index contributed by atoms with van der Waals surface area (Å²) in [4.78, 5) is 12.5. The second kappa shape index (κ2) is 6.32. The van der Waals surface area contributed by atoms with Gasteiger partial charge in [0.1, 0.15) is 5.02 Å². The van der Waals surface area contributed by atoms with Gasteiger partial charge in [0.25, 0.3) is 5.69 Å². The van der Waals surface area contributed by atoms with Crippen LogP contribution in [-0.2, 0) is 11.3 Å². The maximum Gasteiger partial charge on any atom is 0.288 e. The second-order valence-corrected chi connectivity index (χ2v) is 5.28. The van der Waals surface area contributed by atoms with Gasteiger partial charge >= 0.3 is 0 Å². The van der Waals surface area contributed by atoms with Gasteiger partial charge in [-0.1, -0.05) is 17.7 Å². The van der Waals surface area contributed by atoms with Gasteiger partial charge in [-0.25, -0.2) is 0 Å². The zero-order chi connectivity index (χ0) is 13.8. The highest BCUT2D eigenvalue weighted by Crippen LogP contribution is 2.25. The maximum atomic E-state index is 10.8. The average molecular weight is 285 g/mol. The molecule has 104 valence electrons. The van der Waals surface area contributed by atoms with Crippen LogP contribution in [0.4, 0.5) is 5.69 Å². The summed E-state index contributed by atoms with van der Waals surface area (Å²) in [5.41, 5.74) is 0.848. The summed E-state index contributed by atoms with van der Waals surface area (Å²) in [6.07, 6.45) is 2.49. The number of hydrogen-bond acceptors (Lipinski definition) is 4. The topological polar surface area (TPSA) is 55.6 Å². The van der Waals surface area contributed by atoms with Gasteiger partial charge in [-0.2, -0.15) is 0 Å². The van der Waals surface area contributed by atoms with Crippen LogP contribution in [0.15, 0.2) is 18.2 Å². The first-order chi connectivity index (χ1) is 9.06. The quantitative estimate of drug-likeness (QED) is 0.616. The molecule has 0 bridgehead atoms. The molecule has 0 amide bonds. The molecule has 0 spiro atoms. The Morgan fingerprint density at radius 1 is 1.58 bits per heavy atom. The molecule has 1 aromatic carbocycles. The Hall–Kier alpha value is -1.17. The lowest BCUT2D eigenvalue weighted by Crippen LogP contribution is -2.28. The van der Waals surface area contributed by atoms with Crippen molar-refractivity contribution >= 4 is 17.3 Å². The van der Waals surface area contributed by atoms with E-state index in [0.29, 0.717) is 6.54 Å². The van der Waals surface area contributed by atoms with Crippen LogP contribution in [0.2, 0.25) is 5.02 Å². The fourth-order valence-corrected chi connectivity index (χ4v) is 2.50. The van der Waals surface area contributed by atoms with E-state index in [4.69, 9.17) is 16.3 Å². The van der Waals surface area contributed by atoms with Crippen LogP contribution in [0.3, 0.4) is 0 Å². The molecule has 1 fully saturated rings. The summed E-state index contributed by atoms with van der Waals surface area (Å²) in [6, 6.07) is 4.94. The van der Waals surface area contributed by atoms with Crippen molar-refractivity contribution in [3.05, 3.63) is 38.9 Å². The Morgan fingerprint density at radius 2 is 2.37 bits per heavy atom. The standard InChI is InChI=1S/C13H17ClN2O3/c1-15(9-11-3-2-6-19-11)8-10-4-5-12(14)13(7-10)16(17)18/h4-5,7,11H,2-3,6,8-9H2,1H3. The molecule has 0 saturated carbocycles. The molecular formula is C13H17ClN2O3. The highest BCUT2D eigenvalue weighted by molar-refractivity contribution is 6.32. The average Bonchev–Trinajstić information content (AvgIpc) is 2.84. The van der Waals surface area contributed by atoms with Crippen LogP contribution < -0.4 is 0 Å². The molecular weight excluding hydrogens is 268 g/mol. The fraction of sp³-hybridized carbons (Fsp3) is 0.538. The summed E-state index contributed by atoms with van der Waals surface area (Å²) in [7, 11) is 1.99. The molecule has 19 heavy (non-hydrogen) atoms. The Kier molecular flexibility index (Phi) is 4.74. The number of nitrogens with zero attached hydrogens (tertiary/aromatic N) is 2. The monoisotopic (exact) mass is 284 g/mol. The van der Waals surface area contributed by atoms with Crippen LogP contribution in [0.25, 0.3) is 0 Å². The zero-order valence-corrected chi connectivity index (χ0v) is 11.6. The molecule has 6 heteroatoms. The van der Waals surface area contributed by atoms with Crippen molar-refractivity contribution in [2.45, 2.75) is 25.5 Å². The zero-order valence-electron chi connectivity index (χ0n) is 10.8. The van der Waals surface area contributed by atoms with Crippen molar-refractivity contribution in [2.75, 3.05) is 20.2 Å². The summed E-state index contributed by atoms with van der Waals surface area (Å²) in [5, 5.41) is 11.0. The van der Waals surface area contributed by atoms with E-state index < -0.39 is 4.92 Å². The Bertz CT molecular complexity index is 461. The lowest BCUT2D eigenvalue weighted by molar-refractivity contribution is -0.384. The van der Waals surface area contributed by atoms with Gasteiger partial charge in [0.2, 0.25) is 0 Å². The molecule has 1 saturated heterocycles. The molecule has 0 aromatic heterocycles. The first-order valence-electron chi connectivity index (χ1n) is 6.29. The summed E-state index contributed by atoms with van der Waals surface area (Å²) in [5.74, 6) is 0. The number of hydrogen-bond donors (Lipinski definition) is 0. The van der Waals surface area contributed by atoms with Crippen molar-refractivity contribution in [2.24, 2.45) is 0 Å². The number of benzene rings is 1. The number of nitro groups is 1. The van der Waals surface area contributed by atoms with Crippen LogP contribution in [-0.4, -0.2) is 36.1 Å². The molecule has 1 aliphatic heterocycles. The second-order valence-electron chi connectivity index (χ2n) is 4.87. The SMILES string of the molecule is CN(Cc1ccc(Cl)c([N+](=O)[O-])c1)CC1CCCO1. The first-order valence-corrected chi connectivity index (χ1v) is 6.67. The van der Waals surface area contributed by atoms with E-state index >= 15 is 0 Å². The van der Waals surface area contributed by atoms with E-state index in [1.165, 1.54) is 6.07 Å². The molecule has 1 aromatic rings. The molecule has 0 N–H and O–H groups in total. The highest BCUT2D eigenvalue weighted by atomic mass is 35.5. The molecule has 1 atom stereocenters. The van der Waals surface area contributed by atoms with E-state index in [2.05, 4.69) is 4.90 Å². The molecule has 1 heterocycles. The normalized spacial score (nSPS) is 19.0. The first kappa shape index (κ1) is 14.2. The Balaban J connectivity index is 1.98. The van der Waals surface area contributed by atoms with Gasteiger partial charge < -0.3 is 4.74 Å². The van der Waals surface area contributed by atoms with Crippen LogP contribution in [0.5, 0.6) is 0 Å². The van der Waals surface area contributed by atoms with Gasteiger partial charge in [-0.15, -0.1) is 0 Å². The summed E-state index contributed by atoms with van der Waals surface area (Å²) in [6.45, 7) is 2.33. The van der Waals surface area contributed by atoms with Gasteiger partial charge in [0.05, 0.1) is 11.0 Å². The van der Waals surface area contributed by atoms with Gasteiger partial charge in [-0.05, 0) is 31.5 Å². The fourth-order valence-electron chi connectivity index (χ4n) is 2.31. The lowest BCUT2D eigenvalue weighted by Gasteiger charge is -2.20. The summed E-state index contributed by atoms with van der Waals surface area (Å²) >= 11 is 5.79. The minimum absolute atomic E-state index is 0.0373. The third kappa shape index (κ3) is 3.89. The van der Waals surface area contributed by atoms with E-state index in [0.717, 1.165) is 31.6 Å². The van der Waals surface area contributed by atoms with Crippen molar-refractivity contribution in [3.8, 4) is 0 Å². The largest absolute Gasteiger partial charge is 0.377 e. The van der Waals surface area contributed by atoms with Crippen molar-refractivity contribution in [3.63, 3.8) is 0 Å². The van der Waals surface area contributed by atoms with E-state index in [1.807, 2.05) is 13.1 Å². The molecule has 1 unspecified atom stereocenters. The van der Waals surface area contributed by atoms with Gasteiger partial charge in [0, 0.05) is 25.8 Å². The molecule has 1 aliphatic rings. The third-order valence-corrected chi connectivity index (χ3v) is 3.52. The maximum absolute atomic E-state index is 10.8. The molecule has 0 aliphatic carbocycles. The van der Waals surface area contributed by atoms with E-state index in [-0.39, 0.29) is 16.8 Å². The van der Waals surface area contributed by atoms with Crippen LogP contribution >= 0.6 is 11.6 Å². The number of halogens is 1. The predicted molar refractivity (Wildman–Crippen MR) is 73.4 cm³/mol. The Labute approximate surface area is 117 Å². The van der Waals surface area contributed by atoms with E-state index in [9.17, 15) is 10.1 Å².